The molecule has 0 spiro atoms. The summed E-state index contributed by atoms with van der Waals surface area (Å²) in [7, 11) is -2.35. The third-order valence-corrected chi connectivity index (χ3v) is 9.51. The van der Waals surface area contributed by atoms with E-state index in [2.05, 4.69) is 18.0 Å². The molecule has 2 aromatic heterocycles. The zero-order chi connectivity index (χ0) is 26.0. The molecule has 0 radical (unpaired) electrons. The van der Waals surface area contributed by atoms with Gasteiger partial charge in [0.05, 0.1) is 34.5 Å². The minimum absolute atomic E-state index is 0.136. The molecule has 4 aromatic rings. The Morgan fingerprint density at radius 3 is 2.68 bits per heavy atom. The number of thiazole rings is 1. The van der Waals surface area contributed by atoms with E-state index in [0.717, 1.165) is 16.6 Å². The average molecular weight is 537 g/mol. The molecule has 0 aliphatic carbocycles. The zero-order valence-electron chi connectivity index (χ0n) is 20.7. The van der Waals surface area contributed by atoms with Crippen LogP contribution in [0.1, 0.15) is 31.0 Å². The first-order valence-corrected chi connectivity index (χ1v) is 14.4. The molecule has 3 heterocycles. The minimum Gasteiger partial charge on any atom is -0.497 e. The molecule has 1 unspecified atom stereocenters. The molecular weight excluding hydrogens is 508 g/mol. The third kappa shape index (κ3) is 5.09. The van der Waals surface area contributed by atoms with Crippen molar-refractivity contribution >= 4 is 42.6 Å². The molecule has 37 heavy (non-hydrogen) atoms. The van der Waals surface area contributed by atoms with Gasteiger partial charge in [0.15, 0.2) is 5.13 Å². The first-order valence-electron chi connectivity index (χ1n) is 12.2. The number of nitrogens with zero attached hydrogens (tertiary/aromatic N) is 4. The maximum Gasteiger partial charge on any atom is 0.247 e. The smallest absolute Gasteiger partial charge is 0.247 e. The number of carbonyl (C=O) groups is 1. The van der Waals surface area contributed by atoms with Crippen LogP contribution in [-0.4, -0.2) is 48.3 Å². The second kappa shape index (κ2) is 10.6. The van der Waals surface area contributed by atoms with Crippen LogP contribution in [-0.2, 0) is 27.8 Å². The van der Waals surface area contributed by atoms with Crippen molar-refractivity contribution in [3.05, 3.63) is 78.1 Å². The topological polar surface area (TPSA) is 92.7 Å². The highest BCUT2D eigenvalue weighted by atomic mass is 32.2. The summed E-state index contributed by atoms with van der Waals surface area (Å²) in [4.78, 5) is 25.0. The number of benzene rings is 2. The first kappa shape index (κ1) is 25.3. The largest absolute Gasteiger partial charge is 0.497 e. The molecule has 1 saturated heterocycles. The lowest BCUT2D eigenvalue weighted by Crippen LogP contribution is -2.47. The van der Waals surface area contributed by atoms with Crippen molar-refractivity contribution in [1.82, 2.24) is 14.3 Å². The van der Waals surface area contributed by atoms with Crippen LogP contribution in [0.5, 0.6) is 5.75 Å². The fourth-order valence-corrected chi connectivity index (χ4v) is 7.21. The normalized spacial score (nSPS) is 16.2. The average Bonchev–Trinajstić information content (AvgIpc) is 3.59. The van der Waals surface area contributed by atoms with Crippen molar-refractivity contribution in [2.45, 2.75) is 43.7 Å². The summed E-state index contributed by atoms with van der Waals surface area (Å²) in [5.74, 6) is 0.270. The highest BCUT2D eigenvalue weighted by molar-refractivity contribution is 7.89. The Labute approximate surface area is 220 Å². The number of fused-ring (bicyclic) bond motifs is 1. The summed E-state index contributed by atoms with van der Waals surface area (Å²) in [5, 5.41) is 0.535. The first-order chi connectivity index (χ1) is 17.9. The molecule has 0 N–H and O–H groups in total. The van der Waals surface area contributed by atoms with Gasteiger partial charge in [-0.1, -0.05) is 30.4 Å². The van der Waals surface area contributed by atoms with Crippen LogP contribution in [0, 0.1) is 0 Å². The molecule has 192 valence electrons. The second-order valence-electron chi connectivity index (χ2n) is 8.85. The molecule has 5 rings (SSSR count). The van der Waals surface area contributed by atoms with E-state index in [1.165, 1.54) is 40.4 Å². The summed E-state index contributed by atoms with van der Waals surface area (Å²) in [6.45, 7) is 2.58. The fraction of sp³-hybridized carbons (Fsp3) is 0.296. The minimum atomic E-state index is -3.88. The Morgan fingerprint density at radius 2 is 1.97 bits per heavy atom. The van der Waals surface area contributed by atoms with Gasteiger partial charge in [0, 0.05) is 12.7 Å². The molecule has 1 fully saturated rings. The molecule has 1 amide bonds. The molecule has 1 aliphatic rings. The van der Waals surface area contributed by atoms with Gasteiger partial charge >= 0.3 is 0 Å². The molecule has 0 saturated carbocycles. The van der Waals surface area contributed by atoms with Gasteiger partial charge in [-0.05, 0) is 73.4 Å². The summed E-state index contributed by atoms with van der Waals surface area (Å²) in [5.41, 5.74) is 2.70. The van der Waals surface area contributed by atoms with Gasteiger partial charge in [-0.15, -0.1) is 0 Å². The van der Waals surface area contributed by atoms with E-state index in [0.29, 0.717) is 29.4 Å². The third-order valence-electron chi connectivity index (χ3n) is 6.55. The van der Waals surface area contributed by atoms with Gasteiger partial charge in [0.25, 0.3) is 0 Å². The summed E-state index contributed by atoms with van der Waals surface area (Å²) in [6, 6.07) is 17.1. The number of pyridine rings is 1. The molecule has 1 aliphatic heterocycles. The molecule has 1 atom stereocenters. The Morgan fingerprint density at radius 1 is 1.16 bits per heavy atom. The van der Waals surface area contributed by atoms with E-state index in [4.69, 9.17) is 9.72 Å². The number of hydrogen-bond acceptors (Lipinski definition) is 7. The molecular formula is C27H28N4O4S2. The van der Waals surface area contributed by atoms with Crippen LogP contribution in [0.25, 0.3) is 10.2 Å². The second-order valence-corrected chi connectivity index (χ2v) is 11.7. The van der Waals surface area contributed by atoms with Crippen molar-refractivity contribution in [1.29, 1.82) is 0 Å². The van der Waals surface area contributed by atoms with Gasteiger partial charge in [0.2, 0.25) is 15.9 Å². The predicted octanol–water partition coefficient (Wildman–Crippen LogP) is 4.65. The van der Waals surface area contributed by atoms with Crippen LogP contribution in [0.15, 0.2) is 71.8 Å². The number of aromatic nitrogens is 2. The molecule has 0 bridgehead atoms. The fourth-order valence-electron chi connectivity index (χ4n) is 4.52. The van der Waals surface area contributed by atoms with Crippen LogP contribution in [0.3, 0.4) is 0 Å². The highest BCUT2D eigenvalue weighted by Gasteiger charge is 2.42. The number of rotatable bonds is 8. The molecule has 10 heteroatoms. The zero-order valence-corrected chi connectivity index (χ0v) is 22.3. The van der Waals surface area contributed by atoms with Crippen LogP contribution in [0.2, 0.25) is 0 Å². The highest BCUT2D eigenvalue weighted by Crippen LogP contribution is 2.34. The Kier molecular flexibility index (Phi) is 7.23. The number of anilines is 1. The van der Waals surface area contributed by atoms with Crippen molar-refractivity contribution in [2.24, 2.45) is 0 Å². The number of aryl methyl sites for hydroxylation is 1. The van der Waals surface area contributed by atoms with E-state index in [1.54, 1.807) is 23.2 Å². The van der Waals surface area contributed by atoms with Crippen LogP contribution in [0.4, 0.5) is 5.13 Å². The van der Waals surface area contributed by atoms with Crippen molar-refractivity contribution in [3.63, 3.8) is 0 Å². The Bertz CT molecular complexity index is 1500. The number of amides is 1. The summed E-state index contributed by atoms with van der Waals surface area (Å²) < 4.78 is 34.6. The van der Waals surface area contributed by atoms with Crippen molar-refractivity contribution in [2.75, 3.05) is 18.6 Å². The van der Waals surface area contributed by atoms with E-state index in [1.807, 2.05) is 30.3 Å². The maximum atomic E-state index is 14.1. The number of ether oxygens (including phenoxy) is 1. The van der Waals surface area contributed by atoms with Gasteiger partial charge in [-0.3, -0.25) is 14.7 Å². The van der Waals surface area contributed by atoms with Gasteiger partial charge in [-0.25, -0.2) is 13.4 Å². The Balaban J connectivity index is 1.50. The molecule has 8 nitrogen and oxygen atoms in total. The van der Waals surface area contributed by atoms with Crippen LogP contribution >= 0.6 is 11.3 Å². The lowest BCUT2D eigenvalue weighted by atomic mass is 10.2. The summed E-state index contributed by atoms with van der Waals surface area (Å²) >= 11 is 1.43. The van der Waals surface area contributed by atoms with Crippen LogP contribution < -0.4 is 9.64 Å². The number of methoxy groups -OCH3 is 1. The van der Waals surface area contributed by atoms with Crippen molar-refractivity contribution < 1.29 is 17.9 Å². The van der Waals surface area contributed by atoms with Gasteiger partial charge in [-0.2, -0.15) is 4.31 Å². The predicted molar refractivity (Wildman–Crippen MR) is 144 cm³/mol. The molecule has 2 aromatic carbocycles. The van der Waals surface area contributed by atoms with E-state index in [9.17, 15) is 13.2 Å². The van der Waals surface area contributed by atoms with E-state index < -0.39 is 16.1 Å². The maximum absolute atomic E-state index is 14.1. The number of carbonyl (C=O) groups excluding carboxylic acids is 1. The lowest BCUT2D eigenvalue weighted by molar-refractivity contribution is -0.121. The SMILES string of the molecule is CCc1ccc2nc(N(Cc3ccccn3)C(=O)C3CCCN3S(=O)(=O)c3ccc(OC)cc3)sc2c1. The number of sulfonamides is 1. The summed E-state index contributed by atoms with van der Waals surface area (Å²) in [6.07, 6.45) is 3.63. The van der Waals surface area contributed by atoms with E-state index in [-0.39, 0.29) is 23.9 Å². The van der Waals surface area contributed by atoms with Gasteiger partial charge in [0.1, 0.15) is 11.8 Å². The van der Waals surface area contributed by atoms with Gasteiger partial charge < -0.3 is 4.74 Å². The lowest BCUT2D eigenvalue weighted by Gasteiger charge is -2.28. The van der Waals surface area contributed by atoms with E-state index >= 15 is 0 Å². The quantitative estimate of drug-likeness (QED) is 0.326. The van der Waals surface area contributed by atoms with Crippen molar-refractivity contribution in [3.8, 4) is 5.75 Å². The monoisotopic (exact) mass is 536 g/mol. The standard InChI is InChI=1S/C27H28N4O4S2/c1-3-19-9-14-23-25(17-19)36-27(29-23)30(18-20-7-4-5-15-28-20)26(32)24-8-6-16-31(24)37(33,34)22-12-10-21(35-2)11-13-22/h4-5,7,9-15,17,24H,3,6,8,16,18H2,1-2H3. The Hall–Kier alpha value is -3.34. The number of hydrogen-bond donors (Lipinski definition) is 0.